The highest BCUT2D eigenvalue weighted by atomic mass is 16.4. The monoisotopic (exact) mass is 260 g/mol. The van der Waals surface area contributed by atoms with Crippen LogP contribution < -0.4 is 5.73 Å². The Hall–Kier alpha value is -1.81. The van der Waals surface area contributed by atoms with Gasteiger partial charge in [0.05, 0.1) is 0 Å². The summed E-state index contributed by atoms with van der Waals surface area (Å²) in [6.07, 6.45) is 3.58. The number of nitrogens with one attached hydrogen (secondary N) is 1. The highest BCUT2D eigenvalue weighted by molar-refractivity contribution is 5.88. The van der Waals surface area contributed by atoms with Gasteiger partial charge in [0, 0.05) is 23.0 Å². The van der Waals surface area contributed by atoms with E-state index in [0.717, 1.165) is 34.9 Å². The fourth-order valence-corrected chi connectivity index (χ4v) is 2.70. The van der Waals surface area contributed by atoms with Crippen molar-refractivity contribution in [3.63, 3.8) is 0 Å². The molecule has 0 unspecified atom stereocenters. The number of benzene rings is 1. The number of hydrogen-bond donors (Lipinski definition) is 3. The molecule has 1 aromatic heterocycles. The predicted molar refractivity (Wildman–Crippen MR) is 76.3 cm³/mol. The van der Waals surface area contributed by atoms with Gasteiger partial charge in [0.15, 0.2) is 0 Å². The molecular weight excluding hydrogens is 240 g/mol. The molecule has 0 bridgehead atoms. The van der Waals surface area contributed by atoms with Gasteiger partial charge in [0.1, 0.15) is 6.04 Å². The molecule has 0 aliphatic rings. The second kappa shape index (κ2) is 5.45. The van der Waals surface area contributed by atoms with Crippen LogP contribution in [0.3, 0.4) is 0 Å². The lowest BCUT2D eigenvalue weighted by Crippen LogP contribution is -2.36. The molecule has 1 aromatic carbocycles. The van der Waals surface area contributed by atoms with Crippen molar-refractivity contribution in [3.05, 3.63) is 35.5 Å². The smallest absolute Gasteiger partial charge is 0.321 e. The largest absolute Gasteiger partial charge is 0.480 e. The van der Waals surface area contributed by atoms with Gasteiger partial charge in [-0.2, -0.15) is 0 Å². The van der Waals surface area contributed by atoms with Crippen molar-refractivity contribution in [1.82, 2.24) is 4.98 Å². The predicted octanol–water partition coefficient (Wildman–Crippen LogP) is 2.77. The van der Waals surface area contributed by atoms with Gasteiger partial charge in [-0.3, -0.25) is 4.79 Å². The molecule has 102 valence electrons. The highest BCUT2D eigenvalue weighted by Crippen LogP contribution is 2.32. The van der Waals surface area contributed by atoms with E-state index in [9.17, 15) is 9.90 Å². The van der Waals surface area contributed by atoms with Gasteiger partial charge >= 0.3 is 5.97 Å². The summed E-state index contributed by atoms with van der Waals surface area (Å²) in [5.74, 6) is -1.10. The van der Waals surface area contributed by atoms with E-state index in [0.29, 0.717) is 0 Å². The maximum Gasteiger partial charge on any atom is 0.321 e. The Kier molecular flexibility index (Phi) is 3.90. The van der Waals surface area contributed by atoms with E-state index in [4.69, 9.17) is 5.73 Å². The quantitative estimate of drug-likeness (QED) is 0.773. The maximum atomic E-state index is 11.2. The highest BCUT2D eigenvalue weighted by Gasteiger charge is 2.27. The zero-order chi connectivity index (χ0) is 14.0. The van der Waals surface area contributed by atoms with E-state index in [1.165, 1.54) is 0 Å². The number of carbonyl (C=O) groups is 1. The first kappa shape index (κ1) is 13.6. The summed E-state index contributed by atoms with van der Waals surface area (Å²) in [5, 5.41) is 10.3. The van der Waals surface area contributed by atoms with E-state index in [-0.39, 0.29) is 5.92 Å². The molecular formula is C15H20N2O2. The van der Waals surface area contributed by atoms with Gasteiger partial charge in [-0.1, -0.05) is 25.5 Å². The normalized spacial score (nSPS) is 14.5. The SMILES string of the molecule is CCC[C@@H](c1c[nH]c2cccc(C)c12)[C@H](N)C(=O)O. The third kappa shape index (κ3) is 2.49. The Morgan fingerprint density at radius 2 is 2.21 bits per heavy atom. The summed E-state index contributed by atoms with van der Waals surface area (Å²) >= 11 is 0. The van der Waals surface area contributed by atoms with E-state index < -0.39 is 12.0 Å². The van der Waals surface area contributed by atoms with E-state index in [2.05, 4.69) is 4.98 Å². The number of H-pyrrole nitrogens is 1. The number of aliphatic carboxylic acids is 1. The van der Waals surface area contributed by atoms with Crippen molar-refractivity contribution < 1.29 is 9.90 Å². The molecule has 4 heteroatoms. The Morgan fingerprint density at radius 3 is 2.84 bits per heavy atom. The molecule has 0 amide bonds. The van der Waals surface area contributed by atoms with Crippen molar-refractivity contribution >= 4 is 16.9 Å². The third-order valence-corrected chi connectivity index (χ3v) is 3.66. The van der Waals surface area contributed by atoms with Gasteiger partial charge in [-0.15, -0.1) is 0 Å². The molecule has 0 saturated heterocycles. The first-order valence-corrected chi connectivity index (χ1v) is 6.61. The molecule has 0 radical (unpaired) electrons. The summed E-state index contributed by atoms with van der Waals surface area (Å²) in [6.45, 7) is 4.08. The maximum absolute atomic E-state index is 11.2. The summed E-state index contributed by atoms with van der Waals surface area (Å²) in [7, 11) is 0. The summed E-state index contributed by atoms with van der Waals surface area (Å²) < 4.78 is 0. The molecule has 2 rings (SSSR count). The van der Waals surface area contributed by atoms with Crippen LogP contribution in [0.25, 0.3) is 10.9 Å². The van der Waals surface area contributed by atoms with Crippen LogP contribution in [0.1, 0.15) is 36.8 Å². The van der Waals surface area contributed by atoms with Crippen molar-refractivity contribution in [1.29, 1.82) is 0 Å². The van der Waals surface area contributed by atoms with Gasteiger partial charge in [0.25, 0.3) is 0 Å². The molecule has 4 nitrogen and oxygen atoms in total. The number of fused-ring (bicyclic) bond motifs is 1. The number of rotatable bonds is 5. The van der Waals surface area contributed by atoms with Gasteiger partial charge < -0.3 is 15.8 Å². The summed E-state index contributed by atoms with van der Waals surface area (Å²) in [4.78, 5) is 14.4. The second-order valence-corrected chi connectivity index (χ2v) is 5.00. The van der Waals surface area contributed by atoms with Crippen LogP contribution in [-0.4, -0.2) is 22.1 Å². The van der Waals surface area contributed by atoms with Crippen LogP contribution in [0.4, 0.5) is 0 Å². The Morgan fingerprint density at radius 1 is 1.47 bits per heavy atom. The zero-order valence-corrected chi connectivity index (χ0v) is 11.3. The van der Waals surface area contributed by atoms with Gasteiger partial charge in [-0.25, -0.2) is 0 Å². The van der Waals surface area contributed by atoms with Crippen LogP contribution in [0.15, 0.2) is 24.4 Å². The third-order valence-electron chi connectivity index (χ3n) is 3.66. The second-order valence-electron chi connectivity index (χ2n) is 5.00. The fraction of sp³-hybridized carbons (Fsp3) is 0.400. The van der Waals surface area contributed by atoms with Crippen molar-refractivity contribution in [2.45, 2.75) is 38.6 Å². The first-order valence-electron chi connectivity index (χ1n) is 6.61. The first-order chi connectivity index (χ1) is 9.06. The number of aromatic nitrogens is 1. The van der Waals surface area contributed by atoms with Crippen LogP contribution in [-0.2, 0) is 4.79 Å². The minimum absolute atomic E-state index is 0.155. The molecule has 2 aromatic rings. The fourth-order valence-electron chi connectivity index (χ4n) is 2.70. The number of carboxylic acid groups (broad SMARTS) is 1. The Balaban J connectivity index is 2.53. The van der Waals surface area contributed by atoms with E-state index >= 15 is 0 Å². The lowest BCUT2D eigenvalue weighted by Gasteiger charge is -2.20. The topological polar surface area (TPSA) is 79.1 Å². The Bertz CT molecular complexity index is 589. The van der Waals surface area contributed by atoms with Gasteiger partial charge in [-0.05, 0) is 30.5 Å². The number of hydrogen-bond acceptors (Lipinski definition) is 2. The Labute approximate surface area is 112 Å². The van der Waals surface area contributed by atoms with Crippen LogP contribution in [0.2, 0.25) is 0 Å². The molecule has 0 fully saturated rings. The molecule has 2 atom stereocenters. The molecule has 0 spiro atoms. The van der Waals surface area contributed by atoms with Crippen LogP contribution >= 0.6 is 0 Å². The number of carboxylic acids is 1. The standard InChI is InChI=1S/C15H20N2O2/c1-3-5-10(14(16)15(18)19)11-8-17-12-7-4-6-9(2)13(11)12/h4,6-8,10,14,17H,3,5,16H2,1-2H3,(H,18,19)/t10-,14-/m0/s1. The number of aromatic amines is 1. The van der Waals surface area contributed by atoms with E-state index in [1.807, 2.05) is 38.2 Å². The van der Waals surface area contributed by atoms with Crippen molar-refractivity contribution in [3.8, 4) is 0 Å². The summed E-state index contributed by atoms with van der Waals surface area (Å²) in [6, 6.07) is 5.17. The van der Waals surface area contributed by atoms with Crippen LogP contribution in [0.5, 0.6) is 0 Å². The average molecular weight is 260 g/mol. The summed E-state index contributed by atoms with van der Waals surface area (Å²) in [5.41, 5.74) is 9.07. The molecule has 0 saturated carbocycles. The molecule has 0 aliphatic carbocycles. The molecule has 4 N–H and O–H groups in total. The zero-order valence-electron chi connectivity index (χ0n) is 11.3. The van der Waals surface area contributed by atoms with E-state index in [1.54, 1.807) is 0 Å². The average Bonchev–Trinajstić information content (AvgIpc) is 2.80. The molecule has 19 heavy (non-hydrogen) atoms. The van der Waals surface area contributed by atoms with Gasteiger partial charge in [0.2, 0.25) is 0 Å². The minimum atomic E-state index is -0.943. The number of nitrogens with two attached hydrogens (primary N) is 1. The van der Waals surface area contributed by atoms with Crippen molar-refractivity contribution in [2.24, 2.45) is 5.73 Å². The number of aryl methyl sites for hydroxylation is 1. The molecule has 0 aliphatic heterocycles. The minimum Gasteiger partial charge on any atom is -0.480 e. The van der Waals surface area contributed by atoms with Crippen LogP contribution in [0, 0.1) is 6.92 Å². The lowest BCUT2D eigenvalue weighted by atomic mass is 9.87. The lowest BCUT2D eigenvalue weighted by molar-refractivity contribution is -0.139. The van der Waals surface area contributed by atoms with Crippen molar-refractivity contribution in [2.75, 3.05) is 0 Å². The molecule has 1 heterocycles.